The average molecular weight is 447 g/mol. The maximum absolute atomic E-state index is 12.5. The van der Waals surface area contributed by atoms with Gasteiger partial charge in [0.1, 0.15) is 11.5 Å². The van der Waals surface area contributed by atoms with E-state index in [0.717, 1.165) is 30.4 Å². The van der Waals surface area contributed by atoms with E-state index in [1.807, 2.05) is 30.3 Å². The Balaban J connectivity index is 1.33. The highest BCUT2D eigenvalue weighted by Crippen LogP contribution is 2.35. The maximum atomic E-state index is 12.5. The van der Waals surface area contributed by atoms with Gasteiger partial charge in [0.05, 0.1) is 18.9 Å². The average Bonchev–Trinajstić information content (AvgIpc) is 2.84. The molecule has 0 fully saturated rings. The summed E-state index contributed by atoms with van der Waals surface area (Å²) in [4.78, 5) is 24.9. The fraction of sp³-hybridized carbons (Fsp3) is 0.231. The van der Waals surface area contributed by atoms with E-state index in [-0.39, 0.29) is 18.4 Å². The van der Waals surface area contributed by atoms with Crippen LogP contribution in [0.4, 0.5) is 11.4 Å². The van der Waals surface area contributed by atoms with Crippen molar-refractivity contribution < 1.29 is 24.2 Å². The van der Waals surface area contributed by atoms with Gasteiger partial charge in [-0.05, 0) is 72.9 Å². The van der Waals surface area contributed by atoms with Crippen LogP contribution in [0.2, 0.25) is 0 Å². The van der Waals surface area contributed by atoms with Gasteiger partial charge in [0.15, 0.2) is 6.61 Å². The van der Waals surface area contributed by atoms with Crippen LogP contribution in [0, 0.1) is 0 Å². The number of benzene rings is 3. The second-order valence-corrected chi connectivity index (χ2v) is 7.80. The van der Waals surface area contributed by atoms with E-state index < -0.39 is 6.10 Å². The first-order valence-corrected chi connectivity index (χ1v) is 10.8. The molecule has 0 radical (unpaired) electrons. The van der Waals surface area contributed by atoms with Crippen molar-refractivity contribution in [1.29, 1.82) is 0 Å². The molecular weight excluding hydrogens is 420 g/mol. The van der Waals surface area contributed by atoms with Crippen LogP contribution in [-0.4, -0.2) is 30.6 Å². The molecule has 1 unspecified atom stereocenters. The van der Waals surface area contributed by atoms with Crippen molar-refractivity contribution in [3.05, 3.63) is 83.4 Å². The number of hydrogen-bond donors (Lipinski definition) is 3. The fourth-order valence-electron chi connectivity index (χ4n) is 3.91. The highest BCUT2D eigenvalue weighted by molar-refractivity contribution is 6.05. The molecule has 1 aliphatic carbocycles. The molecule has 7 heteroatoms. The van der Waals surface area contributed by atoms with Crippen molar-refractivity contribution in [2.45, 2.75) is 25.4 Å². The molecule has 33 heavy (non-hydrogen) atoms. The van der Waals surface area contributed by atoms with E-state index in [1.54, 1.807) is 43.5 Å². The molecule has 0 heterocycles. The lowest BCUT2D eigenvalue weighted by atomic mass is 9.89. The number of rotatable bonds is 7. The van der Waals surface area contributed by atoms with Gasteiger partial charge in [0.25, 0.3) is 11.8 Å². The lowest BCUT2D eigenvalue weighted by Crippen LogP contribution is -2.21. The minimum Gasteiger partial charge on any atom is -0.495 e. The molecular formula is C26H26N2O5. The summed E-state index contributed by atoms with van der Waals surface area (Å²) >= 11 is 0. The van der Waals surface area contributed by atoms with E-state index >= 15 is 0 Å². The van der Waals surface area contributed by atoms with Crippen LogP contribution in [0.5, 0.6) is 11.5 Å². The Hall–Kier alpha value is -3.84. The standard InChI is InChI=1S/C26H26N2O5/c1-32-24-10-3-2-8-21(24)28-26(31)17-12-14-18(15-13-17)27-25(30)16-33-23-11-5-6-19-20(23)7-4-9-22(19)29/h2-3,5-6,8,10-15,22,29H,4,7,9,16H2,1H3,(H,27,30)(H,28,31). The number of methoxy groups -OCH3 is 1. The lowest BCUT2D eigenvalue weighted by Gasteiger charge is -2.23. The zero-order chi connectivity index (χ0) is 23.2. The summed E-state index contributed by atoms with van der Waals surface area (Å²) in [6.45, 7) is -0.150. The molecule has 2 amide bonds. The molecule has 0 bridgehead atoms. The molecule has 4 rings (SSSR count). The van der Waals surface area contributed by atoms with Gasteiger partial charge >= 0.3 is 0 Å². The van der Waals surface area contributed by atoms with Crippen molar-refractivity contribution in [1.82, 2.24) is 0 Å². The van der Waals surface area contributed by atoms with Gasteiger partial charge in [0.2, 0.25) is 0 Å². The highest BCUT2D eigenvalue weighted by atomic mass is 16.5. The van der Waals surface area contributed by atoms with E-state index in [1.165, 1.54) is 0 Å². The summed E-state index contributed by atoms with van der Waals surface area (Å²) < 4.78 is 11.0. The third-order valence-corrected chi connectivity index (χ3v) is 5.58. The van der Waals surface area contributed by atoms with Crippen LogP contribution in [0.25, 0.3) is 0 Å². The quantitative estimate of drug-likeness (QED) is 0.502. The number of nitrogens with one attached hydrogen (secondary N) is 2. The molecule has 1 atom stereocenters. The first kappa shape index (κ1) is 22.4. The molecule has 3 aromatic rings. The molecule has 0 saturated carbocycles. The third kappa shape index (κ3) is 5.32. The Morgan fingerprint density at radius 3 is 2.52 bits per heavy atom. The first-order valence-electron chi connectivity index (χ1n) is 10.8. The van der Waals surface area contributed by atoms with Gasteiger partial charge in [0, 0.05) is 11.3 Å². The molecule has 7 nitrogen and oxygen atoms in total. The van der Waals surface area contributed by atoms with Gasteiger partial charge < -0.3 is 25.2 Å². The van der Waals surface area contributed by atoms with Crippen molar-refractivity contribution in [3.63, 3.8) is 0 Å². The number of aliphatic hydroxyl groups is 1. The molecule has 0 saturated heterocycles. The van der Waals surface area contributed by atoms with Crippen LogP contribution < -0.4 is 20.1 Å². The van der Waals surface area contributed by atoms with Gasteiger partial charge in [-0.1, -0.05) is 24.3 Å². The van der Waals surface area contributed by atoms with Gasteiger partial charge in [-0.3, -0.25) is 9.59 Å². The van der Waals surface area contributed by atoms with Gasteiger partial charge in [-0.25, -0.2) is 0 Å². The molecule has 0 aromatic heterocycles. The number of ether oxygens (including phenoxy) is 2. The summed E-state index contributed by atoms with van der Waals surface area (Å²) in [6.07, 6.45) is 1.97. The summed E-state index contributed by atoms with van der Waals surface area (Å²) in [5.41, 5.74) is 3.43. The molecule has 170 valence electrons. The molecule has 3 N–H and O–H groups in total. The van der Waals surface area contributed by atoms with Crippen molar-refractivity contribution in [3.8, 4) is 11.5 Å². The van der Waals surface area contributed by atoms with Crippen LogP contribution in [-0.2, 0) is 11.2 Å². The monoisotopic (exact) mass is 446 g/mol. The Morgan fingerprint density at radius 1 is 0.970 bits per heavy atom. The normalized spacial score (nSPS) is 14.7. The SMILES string of the molecule is COc1ccccc1NC(=O)c1ccc(NC(=O)COc2cccc3c2CCCC3O)cc1. The fourth-order valence-corrected chi connectivity index (χ4v) is 3.91. The number of carbonyl (C=O) groups excluding carboxylic acids is 2. The number of hydrogen-bond acceptors (Lipinski definition) is 5. The number of fused-ring (bicyclic) bond motifs is 1. The smallest absolute Gasteiger partial charge is 0.262 e. The second kappa shape index (κ2) is 10.2. The third-order valence-electron chi connectivity index (χ3n) is 5.58. The Bertz CT molecular complexity index is 1140. The number of carbonyl (C=O) groups is 2. The van der Waals surface area contributed by atoms with Gasteiger partial charge in [-0.2, -0.15) is 0 Å². The summed E-state index contributed by atoms with van der Waals surface area (Å²) in [6, 6.07) is 19.3. The topological polar surface area (TPSA) is 96.9 Å². The maximum Gasteiger partial charge on any atom is 0.262 e. The predicted octanol–water partition coefficient (Wildman–Crippen LogP) is 4.33. The molecule has 3 aromatic carbocycles. The summed E-state index contributed by atoms with van der Waals surface area (Å²) in [7, 11) is 1.54. The number of amides is 2. The van der Waals surface area contributed by atoms with Crippen LogP contribution in [0.1, 0.15) is 40.4 Å². The molecule has 1 aliphatic rings. The van der Waals surface area contributed by atoms with Crippen LogP contribution >= 0.6 is 0 Å². The van der Waals surface area contributed by atoms with Crippen LogP contribution in [0.3, 0.4) is 0 Å². The number of para-hydroxylation sites is 2. The van der Waals surface area contributed by atoms with E-state index in [9.17, 15) is 14.7 Å². The predicted molar refractivity (Wildman–Crippen MR) is 126 cm³/mol. The zero-order valence-electron chi connectivity index (χ0n) is 18.3. The van der Waals surface area contributed by atoms with Crippen molar-refractivity contribution >= 4 is 23.2 Å². The van der Waals surface area contributed by atoms with Crippen molar-refractivity contribution in [2.24, 2.45) is 0 Å². The summed E-state index contributed by atoms with van der Waals surface area (Å²) in [5, 5.41) is 15.7. The largest absolute Gasteiger partial charge is 0.495 e. The first-order chi connectivity index (χ1) is 16.0. The van der Waals surface area contributed by atoms with E-state index in [2.05, 4.69) is 10.6 Å². The van der Waals surface area contributed by atoms with Gasteiger partial charge in [-0.15, -0.1) is 0 Å². The summed E-state index contributed by atoms with van der Waals surface area (Å²) in [5.74, 6) is 0.612. The second-order valence-electron chi connectivity index (χ2n) is 7.80. The Labute approximate surface area is 192 Å². The molecule has 0 spiro atoms. The number of anilines is 2. The Morgan fingerprint density at radius 2 is 1.73 bits per heavy atom. The minimum absolute atomic E-state index is 0.150. The van der Waals surface area contributed by atoms with E-state index in [4.69, 9.17) is 9.47 Å². The molecule has 0 aliphatic heterocycles. The zero-order valence-corrected chi connectivity index (χ0v) is 18.3. The highest BCUT2D eigenvalue weighted by Gasteiger charge is 2.21. The minimum atomic E-state index is -0.482. The Kier molecular flexibility index (Phi) is 6.90. The van der Waals surface area contributed by atoms with E-state index in [0.29, 0.717) is 28.4 Å². The van der Waals surface area contributed by atoms with Crippen molar-refractivity contribution in [2.75, 3.05) is 24.4 Å². The number of aliphatic hydroxyl groups excluding tert-OH is 1. The van der Waals surface area contributed by atoms with Crippen LogP contribution in [0.15, 0.2) is 66.7 Å². The lowest BCUT2D eigenvalue weighted by molar-refractivity contribution is -0.118.